The molecule has 114 valence electrons. The van der Waals surface area contributed by atoms with E-state index in [-0.39, 0.29) is 18.3 Å². The molecule has 2 amide bonds. The Kier molecular flexibility index (Phi) is 4.77. The monoisotopic (exact) mass is 294 g/mol. The Balaban J connectivity index is 2.00. The Morgan fingerprint density at radius 3 is 2.90 bits per heavy atom. The normalized spacial score (nSPS) is 21.9. The Labute approximate surface area is 122 Å². The van der Waals surface area contributed by atoms with Crippen molar-refractivity contribution < 1.29 is 19.1 Å². The Morgan fingerprint density at radius 2 is 2.24 bits per heavy atom. The lowest BCUT2D eigenvalue weighted by Crippen LogP contribution is -2.54. The van der Waals surface area contributed by atoms with E-state index in [9.17, 15) is 19.1 Å². The average Bonchev–Trinajstić information content (AvgIpc) is 2.44. The molecule has 6 heteroatoms. The molecule has 21 heavy (non-hydrogen) atoms. The summed E-state index contributed by atoms with van der Waals surface area (Å²) in [7, 11) is 0. The van der Waals surface area contributed by atoms with Crippen molar-refractivity contribution in [3.8, 4) is 0 Å². The maximum atomic E-state index is 13.1. The largest absolute Gasteiger partial charge is 0.480 e. The number of carbonyl (C=O) groups excluding carboxylic acids is 1. The number of carbonyl (C=O) groups is 2. The first-order valence-corrected chi connectivity index (χ1v) is 7.00. The van der Waals surface area contributed by atoms with E-state index in [0.29, 0.717) is 12.1 Å². The molecule has 0 aliphatic carbocycles. The van der Waals surface area contributed by atoms with Crippen LogP contribution in [0, 0.1) is 11.7 Å². The van der Waals surface area contributed by atoms with Gasteiger partial charge in [-0.05, 0) is 36.5 Å². The van der Waals surface area contributed by atoms with Crippen LogP contribution in [0.3, 0.4) is 0 Å². The first kappa shape index (κ1) is 15.3. The van der Waals surface area contributed by atoms with Gasteiger partial charge in [-0.15, -0.1) is 0 Å². The molecule has 1 fully saturated rings. The molecular weight excluding hydrogens is 275 g/mol. The van der Waals surface area contributed by atoms with Gasteiger partial charge in [0.25, 0.3) is 0 Å². The SMILES string of the molecule is CC1CCCN(C(=O)NCc2cccc(F)c2)C1C(=O)O. The molecule has 2 N–H and O–H groups in total. The number of halogens is 1. The van der Waals surface area contributed by atoms with Crippen LogP contribution in [-0.4, -0.2) is 34.6 Å². The molecule has 0 bridgehead atoms. The molecule has 2 rings (SSSR count). The summed E-state index contributed by atoms with van der Waals surface area (Å²) in [6.07, 6.45) is 1.59. The van der Waals surface area contributed by atoms with Gasteiger partial charge in [0.1, 0.15) is 11.9 Å². The smallest absolute Gasteiger partial charge is 0.326 e. The third kappa shape index (κ3) is 3.71. The summed E-state index contributed by atoms with van der Waals surface area (Å²) in [5.74, 6) is -1.42. The second-order valence-electron chi connectivity index (χ2n) is 5.38. The lowest BCUT2D eigenvalue weighted by atomic mass is 9.91. The van der Waals surface area contributed by atoms with Gasteiger partial charge in [-0.25, -0.2) is 14.0 Å². The number of benzene rings is 1. The van der Waals surface area contributed by atoms with Gasteiger partial charge in [0, 0.05) is 13.1 Å². The molecular formula is C15H19FN2O3. The van der Waals surface area contributed by atoms with Crippen molar-refractivity contribution in [3.63, 3.8) is 0 Å². The maximum Gasteiger partial charge on any atom is 0.326 e. The van der Waals surface area contributed by atoms with E-state index in [0.717, 1.165) is 12.8 Å². The van der Waals surface area contributed by atoms with Crippen LogP contribution in [0.4, 0.5) is 9.18 Å². The molecule has 2 atom stereocenters. The van der Waals surface area contributed by atoms with Gasteiger partial charge in [-0.2, -0.15) is 0 Å². The van der Waals surface area contributed by atoms with Crippen LogP contribution in [0.1, 0.15) is 25.3 Å². The Hall–Kier alpha value is -2.11. The number of piperidine rings is 1. The molecule has 0 spiro atoms. The van der Waals surface area contributed by atoms with Gasteiger partial charge >= 0.3 is 12.0 Å². The highest BCUT2D eigenvalue weighted by molar-refractivity contribution is 5.83. The third-order valence-corrected chi connectivity index (χ3v) is 3.78. The van der Waals surface area contributed by atoms with Crippen LogP contribution in [0.2, 0.25) is 0 Å². The van der Waals surface area contributed by atoms with Gasteiger partial charge in [-0.1, -0.05) is 19.1 Å². The quantitative estimate of drug-likeness (QED) is 0.898. The molecule has 0 saturated carbocycles. The zero-order chi connectivity index (χ0) is 15.4. The first-order valence-electron chi connectivity index (χ1n) is 7.00. The summed E-state index contributed by atoms with van der Waals surface area (Å²) < 4.78 is 13.1. The molecule has 1 aromatic rings. The molecule has 1 aromatic carbocycles. The van der Waals surface area contributed by atoms with Gasteiger partial charge in [-0.3, -0.25) is 0 Å². The van der Waals surface area contributed by atoms with Crippen LogP contribution in [0.5, 0.6) is 0 Å². The lowest BCUT2D eigenvalue weighted by molar-refractivity contribution is -0.145. The second kappa shape index (κ2) is 6.56. The molecule has 1 heterocycles. The molecule has 0 aromatic heterocycles. The zero-order valence-corrected chi connectivity index (χ0v) is 11.9. The van der Waals surface area contributed by atoms with E-state index in [1.54, 1.807) is 12.1 Å². The van der Waals surface area contributed by atoms with Gasteiger partial charge in [0.05, 0.1) is 0 Å². The van der Waals surface area contributed by atoms with Crippen LogP contribution < -0.4 is 5.32 Å². The van der Waals surface area contributed by atoms with E-state index in [1.165, 1.54) is 17.0 Å². The van der Waals surface area contributed by atoms with E-state index in [2.05, 4.69) is 5.32 Å². The molecule has 1 aliphatic rings. The number of aliphatic carboxylic acids is 1. The molecule has 0 radical (unpaired) electrons. The fourth-order valence-electron chi connectivity index (χ4n) is 2.72. The first-order chi connectivity index (χ1) is 9.99. The number of carboxylic acid groups (broad SMARTS) is 1. The summed E-state index contributed by atoms with van der Waals surface area (Å²) in [4.78, 5) is 24.9. The van der Waals surface area contributed by atoms with Crippen LogP contribution in [0.25, 0.3) is 0 Å². The summed E-state index contributed by atoms with van der Waals surface area (Å²) in [6.45, 7) is 2.44. The summed E-state index contributed by atoms with van der Waals surface area (Å²) >= 11 is 0. The number of urea groups is 1. The number of hydrogen-bond acceptors (Lipinski definition) is 2. The lowest BCUT2D eigenvalue weighted by Gasteiger charge is -2.37. The summed E-state index contributed by atoms with van der Waals surface area (Å²) in [5.41, 5.74) is 0.639. The van der Waals surface area contributed by atoms with E-state index >= 15 is 0 Å². The fourth-order valence-corrected chi connectivity index (χ4v) is 2.72. The highest BCUT2D eigenvalue weighted by Gasteiger charge is 2.36. The molecule has 1 aliphatic heterocycles. The molecule has 2 unspecified atom stereocenters. The minimum Gasteiger partial charge on any atom is -0.480 e. The number of carboxylic acids is 1. The van der Waals surface area contributed by atoms with Crippen molar-refractivity contribution in [1.82, 2.24) is 10.2 Å². The van der Waals surface area contributed by atoms with Crippen molar-refractivity contribution in [1.29, 1.82) is 0 Å². The van der Waals surface area contributed by atoms with Crippen molar-refractivity contribution in [3.05, 3.63) is 35.6 Å². The third-order valence-electron chi connectivity index (χ3n) is 3.78. The van der Waals surface area contributed by atoms with Gasteiger partial charge < -0.3 is 15.3 Å². The van der Waals surface area contributed by atoms with E-state index < -0.39 is 18.0 Å². The summed E-state index contributed by atoms with van der Waals surface area (Å²) in [5, 5.41) is 11.9. The van der Waals surface area contributed by atoms with E-state index in [4.69, 9.17) is 0 Å². The number of nitrogens with one attached hydrogen (secondary N) is 1. The fraction of sp³-hybridized carbons (Fsp3) is 0.467. The number of rotatable bonds is 3. The average molecular weight is 294 g/mol. The summed E-state index contributed by atoms with van der Waals surface area (Å²) in [6, 6.07) is 4.73. The van der Waals surface area contributed by atoms with Crippen LogP contribution in [0.15, 0.2) is 24.3 Å². The molecule has 5 nitrogen and oxygen atoms in total. The van der Waals surface area contributed by atoms with Gasteiger partial charge in [0.15, 0.2) is 0 Å². The van der Waals surface area contributed by atoms with E-state index in [1.807, 2.05) is 6.92 Å². The number of hydrogen-bond donors (Lipinski definition) is 2. The van der Waals surface area contributed by atoms with Crippen LogP contribution >= 0.6 is 0 Å². The molecule has 1 saturated heterocycles. The van der Waals surface area contributed by atoms with Crippen molar-refractivity contribution in [2.45, 2.75) is 32.4 Å². The Bertz CT molecular complexity index is 535. The number of likely N-dealkylation sites (tertiary alicyclic amines) is 1. The van der Waals surface area contributed by atoms with Crippen molar-refractivity contribution >= 4 is 12.0 Å². The van der Waals surface area contributed by atoms with Crippen LogP contribution in [-0.2, 0) is 11.3 Å². The van der Waals surface area contributed by atoms with Gasteiger partial charge in [0.2, 0.25) is 0 Å². The predicted molar refractivity (Wildman–Crippen MR) is 75.2 cm³/mol. The zero-order valence-electron chi connectivity index (χ0n) is 11.9. The second-order valence-corrected chi connectivity index (χ2v) is 5.38. The maximum absolute atomic E-state index is 13.1. The topological polar surface area (TPSA) is 69.6 Å². The number of nitrogens with zero attached hydrogens (tertiary/aromatic N) is 1. The number of amides is 2. The highest BCUT2D eigenvalue weighted by atomic mass is 19.1. The predicted octanol–water partition coefficient (Wildman–Crippen LogP) is 2.22. The standard InChI is InChI=1S/C15H19FN2O3/c1-10-4-3-7-18(13(10)14(19)20)15(21)17-9-11-5-2-6-12(16)8-11/h2,5-6,8,10,13H,3-4,7,9H2,1H3,(H,17,21)(H,19,20). The highest BCUT2D eigenvalue weighted by Crippen LogP contribution is 2.23. The Morgan fingerprint density at radius 1 is 1.48 bits per heavy atom. The minimum absolute atomic E-state index is 0.0730. The minimum atomic E-state index is -0.983. The van der Waals surface area contributed by atoms with Crippen molar-refractivity contribution in [2.75, 3.05) is 6.54 Å². The van der Waals surface area contributed by atoms with Crippen molar-refractivity contribution in [2.24, 2.45) is 5.92 Å².